The number of carbonyl (C=O) groups excluding carboxylic acids is 2. The molecule has 0 aliphatic heterocycles. The molecule has 7 heteroatoms. The number of aromatic nitrogens is 1. The molecule has 0 bridgehead atoms. The maximum atomic E-state index is 12.2. The lowest BCUT2D eigenvalue weighted by Gasteiger charge is -2.08. The molecule has 0 fully saturated rings. The molecule has 0 aliphatic rings. The van der Waals surface area contributed by atoms with E-state index in [2.05, 4.69) is 15.6 Å². The van der Waals surface area contributed by atoms with E-state index in [9.17, 15) is 9.59 Å². The second-order valence-corrected chi connectivity index (χ2v) is 6.49. The second kappa shape index (κ2) is 7.92. The molecule has 25 heavy (non-hydrogen) atoms. The topological polar surface area (TPSA) is 71.1 Å². The van der Waals surface area contributed by atoms with E-state index in [0.717, 1.165) is 5.56 Å². The number of carbonyl (C=O) groups is 2. The molecule has 1 heterocycles. The quantitative estimate of drug-likeness (QED) is 0.705. The molecule has 3 aromatic rings. The van der Waals surface area contributed by atoms with E-state index in [4.69, 9.17) is 11.6 Å². The molecule has 0 saturated heterocycles. The first-order valence-corrected chi connectivity index (χ1v) is 8.72. The summed E-state index contributed by atoms with van der Waals surface area (Å²) in [6, 6.07) is 13.9. The Morgan fingerprint density at radius 1 is 1.08 bits per heavy atom. The fraction of sp³-hybridized carbons (Fsp3) is 0.0556. The summed E-state index contributed by atoms with van der Waals surface area (Å²) >= 11 is 7.41. The highest BCUT2D eigenvalue weighted by molar-refractivity contribution is 7.13. The number of halogens is 1. The van der Waals surface area contributed by atoms with E-state index in [1.807, 2.05) is 12.1 Å². The SMILES string of the molecule is O=C(Cc1ccccc1Cl)Nc1cccc(C(=O)Nc2nccs2)c1. The van der Waals surface area contributed by atoms with Crippen molar-refractivity contribution in [2.45, 2.75) is 6.42 Å². The normalized spacial score (nSPS) is 10.3. The van der Waals surface area contributed by atoms with Crippen LogP contribution in [0.15, 0.2) is 60.1 Å². The minimum absolute atomic E-state index is 0.162. The van der Waals surface area contributed by atoms with Crippen LogP contribution >= 0.6 is 22.9 Å². The highest BCUT2D eigenvalue weighted by atomic mass is 35.5. The molecule has 1 aromatic heterocycles. The molecule has 0 spiro atoms. The molecule has 5 nitrogen and oxygen atoms in total. The number of anilines is 2. The van der Waals surface area contributed by atoms with Gasteiger partial charge in [0.25, 0.3) is 5.91 Å². The van der Waals surface area contributed by atoms with Gasteiger partial charge in [0.05, 0.1) is 6.42 Å². The van der Waals surface area contributed by atoms with Crippen molar-refractivity contribution in [1.82, 2.24) is 4.98 Å². The van der Waals surface area contributed by atoms with Gasteiger partial charge in [-0.15, -0.1) is 11.3 Å². The van der Waals surface area contributed by atoms with Crippen molar-refractivity contribution < 1.29 is 9.59 Å². The zero-order valence-corrected chi connectivity index (χ0v) is 14.6. The van der Waals surface area contributed by atoms with E-state index in [-0.39, 0.29) is 18.2 Å². The Hall–Kier alpha value is -2.70. The van der Waals surface area contributed by atoms with Gasteiger partial charge in [0.2, 0.25) is 5.91 Å². The summed E-state index contributed by atoms with van der Waals surface area (Å²) in [5, 5.41) is 8.34. The Morgan fingerprint density at radius 3 is 2.68 bits per heavy atom. The maximum Gasteiger partial charge on any atom is 0.257 e. The van der Waals surface area contributed by atoms with Crippen molar-refractivity contribution in [3.05, 3.63) is 76.3 Å². The van der Waals surface area contributed by atoms with Crippen LogP contribution in [-0.4, -0.2) is 16.8 Å². The summed E-state index contributed by atoms with van der Waals surface area (Å²) in [4.78, 5) is 28.4. The third-order valence-electron chi connectivity index (χ3n) is 3.37. The number of thiazole rings is 1. The minimum Gasteiger partial charge on any atom is -0.326 e. The van der Waals surface area contributed by atoms with Crippen LogP contribution in [0.5, 0.6) is 0 Å². The summed E-state index contributed by atoms with van der Waals surface area (Å²) in [5.41, 5.74) is 1.73. The average molecular weight is 372 g/mol. The Kier molecular flexibility index (Phi) is 5.42. The molecule has 0 radical (unpaired) electrons. The van der Waals surface area contributed by atoms with Crippen LogP contribution in [0.4, 0.5) is 10.8 Å². The third-order valence-corrected chi connectivity index (χ3v) is 4.43. The molecule has 0 atom stereocenters. The van der Waals surface area contributed by atoms with Crippen LogP contribution in [0.2, 0.25) is 5.02 Å². The molecule has 2 aromatic carbocycles. The Morgan fingerprint density at radius 2 is 1.92 bits per heavy atom. The van der Waals surface area contributed by atoms with Crippen molar-refractivity contribution in [3.63, 3.8) is 0 Å². The van der Waals surface area contributed by atoms with Crippen LogP contribution in [-0.2, 0) is 11.2 Å². The predicted octanol–water partition coefficient (Wildman–Crippen LogP) is 4.23. The zero-order chi connectivity index (χ0) is 17.6. The summed E-state index contributed by atoms with van der Waals surface area (Å²) in [7, 11) is 0. The molecular weight excluding hydrogens is 358 g/mol. The molecule has 2 amide bonds. The van der Waals surface area contributed by atoms with Gasteiger partial charge < -0.3 is 5.32 Å². The monoisotopic (exact) mass is 371 g/mol. The van der Waals surface area contributed by atoms with Crippen LogP contribution in [0.1, 0.15) is 15.9 Å². The molecule has 0 unspecified atom stereocenters. The highest BCUT2D eigenvalue weighted by Gasteiger charge is 2.10. The van der Waals surface area contributed by atoms with Gasteiger partial charge in [-0.05, 0) is 29.8 Å². The molecule has 0 saturated carbocycles. The second-order valence-electron chi connectivity index (χ2n) is 5.19. The summed E-state index contributed by atoms with van der Waals surface area (Å²) in [6.07, 6.45) is 1.78. The van der Waals surface area contributed by atoms with E-state index >= 15 is 0 Å². The number of benzene rings is 2. The van der Waals surface area contributed by atoms with Gasteiger partial charge in [0, 0.05) is 27.9 Å². The van der Waals surface area contributed by atoms with E-state index < -0.39 is 0 Å². The summed E-state index contributed by atoms with van der Waals surface area (Å²) in [5.74, 6) is -0.484. The fourth-order valence-corrected chi connectivity index (χ4v) is 2.94. The number of nitrogens with one attached hydrogen (secondary N) is 2. The summed E-state index contributed by atoms with van der Waals surface area (Å²) < 4.78 is 0. The first kappa shape index (κ1) is 17.1. The van der Waals surface area contributed by atoms with Crippen molar-refractivity contribution >= 4 is 45.6 Å². The number of hydrogen-bond donors (Lipinski definition) is 2. The van der Waals surface area contributed by atoms with Crippen molar-refractivity contribution in [1.29, 1.82) is 0 Å². The number of rotatable bonds is 5. The van der Waals surface area contributed by atoms with Crippen LogP contribution in [0, 0.1) is 0 Å². The highest BCUT2D eigenvalue weighted by Crippen LogP contribution is 2.18. The lowest BCUT2D eigenvalue weighted by Crippen LogP contribution is -2.16. The standard InChI is InChI=1S/C18H14ClN3O2S/c19-15-7-2-1-4-12(15)11-16(23)21-14-6-3-5-13(10-14)17(24)22-18-20-8-9-25-18/h1-10H,11H2,(H,21,23)(H,20,22,24). The van der Waals surface area contributed by atoms with Gasteiger partial charge in [-0.25, -0.2) is 4.98 Å². The zero-order valence-electron chi connectivity index (χ0n) is 13.0. The van der Waals surface area contributed by atoms with Crippen LogP contribution in [0.25, 0.3) is 0 Å². The average Bonchev–Trinajstić information content (AvgIpc) is 3.10. The van der Waals surface area contributed by atoms with E-state index in [1.54, 1.807) is 48.0 Å². The van der Waals surface area contributed by atoms with Gasteiger partial charge in [-0.1, -0.05) is 35.9 Å². The number of hydrogen-bond acceptors (Lipinski definition) is 4. The fourth-order valence-electron chi connectivity index (χ4n) is 2.21. The number of nitrogens with zero attached hydrogens (tertiary/aromatic N) is 1. The van der Waals surface area contributed by atoms with Crippen molar-refractivity contribution in [2.75, 3.05) is 10.6 Å². The van der Waals surface area contributed by atoms with Crippen LogP contribution in [0.3, 0.4) is 0 Å². The lowest BCUT2D eigenvalue weighted by molar-refractivity contribution is -0.115. The largest absolute Gasteiger partial charge is 0.326 e. The third kappa shape index (κ3) is 4.65. The smallest absolute Gasteiger partial charge is 0.257 e. The first-order valence-electron chi connectivity index (χ1n) is 7.46. The first-order chi connectivity index (χ1) is 12.1. The molecule has 2 N–H and O–H groups in total. The van der Waals surface area contributed by atoms with Gasteiger partial charge >= 0.3 is 0 Å². The maximum absolute atomic E-state index is 12.2. The van der Waals surface area contributed by atoms with Gasteiger partial charge in [-0.3, -0.25) is 14.9 Å². The molecule has 0 aliphatic carbocycles. The minimum atomic E-state index is -0.280. The van der Waals surface area contributed by atoms with E-state index in [1.165, 1.54) is 11.3 Å². The van der Waals surface area contributed by atoms with Crippen LogP contribution < -0.4 is 10.6 Å². The van der Waals surface area contributed by atoms with Gasteiger partial charge in [-0.2, -0.15) is 0 Å². The van der Waals surface area contributed by atoms with Crippen molar-refractivity contribution in [3.8, 4) is 0 Å². The molecule has 3 rings (SSSR count). The molecular formula is C18H14ClN3O2S. The Labute approximate surface area is 153 Å². The Balaban J connectivity index is 1.66. The van der Waals surface area contributed by atoms with Crippen molar-refractivity contribution in [2.24, 2.45) is 0 Å². The lowest BCUT2D eigenvalue weighted by atomic mass is 10.1. The van der Waals surface area contributed by atoms with Gasteiger partial charge in [0.15, 0.2) is 5.13 Å². The summed E-state index contributed by atoms with van der Waals surface area (Å²) in [6.45, 7) is 0. The van der Waals surface area contributed by atoms with E-state index in [0.29, 0.717) is 21.4 Å². The number of amides is 2. The molecule has 126 valence electrons. The predicted molar refractivity (Wildman–Crippen MR) is 100 cm³/mol. The van der Waals surface area contributed by atoms with Gasteiger partial charge in [0.1, 0.15) is 0 Å². The Bertz CT molecular complexity index is 897.